The van der Waals surface area contributed by atoms with Crippen molar-refractivity contribution in [2.75, 3.05) is 12.1 Å². The van der Waals surface area contributed by atoms with Gasteiger partial charge in [0.05, 0.1) is 5.41 Å². The first-order valence-corrected chi connectivity index (χ1v) is 10.4. The highest BCUT2D eigenvalue weighted by atomic mass is 16.7. The van der Waals surface area contributed by atoms with E-state index in [1.54, 1.807) is 0 Å². The monoisotopic (exact) mass is 399 g/mol. The molecule has 1 heterocycles. The van der Waals surface area contributed by atoms with Crippen LogP contribution in [0.25, 0.3) is 11.1 Å². The zero-order valence-electron chi connectivity index (χ0n) is 17.5. The van der Waals surface area contributed by atoms with Crippen molar-refractivity contribution in [2.45, 2.75) is 39.0 Å². The summed E-state index contributed by atoms with van der Waals surface area (Å²) in [5.74, 6) is 1.50. The molecule has 1 aliphatic heterocycles. The minimum atomic E-state index is -0.480. The topological polar surface area (TPSA) is 47.6 Å². The summed E-state index contributed by atoms with van der Waals surface area (Å²) in [5, 5.41) is 3.17. The van der Waals surface area contributed by atoms with Crippen LogP contribution in [0.3, 0.4) is 0 Å². The second-order valence-corrected chi connectivity index (χ2v) is 8.51. The molecule has 5 rings (SSSR count). The van der Waals surface area contributed by atoms with Crippen LogP contribution in [0.15, 0.2) is 54.6 Å². The average molecular weight is 399 g/mol. The minimum absolute atomic E-state index is 0.0385. The van der Waals surface area contributed by atoms with E-state index in [1.165, 1.54) is 22.3 Å². The van der Waals surface area contributed by atoms with Crippen LogP contribution in [0.4, 0.5) is 5.69 Å². The van der Waals surface area contributed by atoms with Gasteiger partial charge < -0.3 is 14.8 Å². The molecule has 0 radical (unpaired) electrons. The summed E-state index contributed by atoms with van der Waals surface area (Å²) in [6.45, 7) is 6.56. The smallest absolute Gasteiger partial charge is 0.235 e. The Balaban J connectivity index is 1.43. The number of rotatable bonds is 4. The zero-order chi connectivity index (χ0) is 20.9. The maximum absolute atomic E-state index is 13.3. The molecule has 152 valence electrons. The van der Waals surface area contributed by atoms with E-state index in [9.17, 15) is 4.79 Å². The van der Waals surface area contributed by atoms with Crippen LogP contribution in [0.2, 0.25) is 0 Å². The Labute approximate surface area is 176 Å². The molecule has 1 N–H and O–H groups in total. The highest BCUT2D eigenvalue weighted by Crippen LogP contribution is 2.51. The highest BCUT2D eigenvalue weighted by Gasteiger charge is 2.51. The molecule has 3 aromatic carbocycles. The Hall–Kier alpha value is -3.27. The quantitative estimate of drug-likeness (QED) is 0.614. The standard InChI is InChI=1S/C26H25NO3/c1-16-10-17(2)12-19(11-16)22-14-21(6-4-18(22)3)27-25(28)26(8-9-26)20-5-7-23-24(13-20)30-15-29-23/h4-7,10-14H,8-9,15H2,1-3H3,(H,27,28). The number of aryl methyl sites for hydroxylation is 3. The first-order valence-electron chi connectivity index (χ1n) is 10.4. The summed E-state index contributed by atoms with van der Waals surface area (Å²) >= 11 is 0. The van der Waals surface area contributed by atoms with Crippen molar-refractivity contribution in [3.05, 3.63) is 76.9 Å². The van der Waals surface area contributed by atoms with Gasteiger partial charge in [-0.3, -0.25) is 4.79 Å². The van der Waals surface area contributed by atoms with E-state index in [0.717, 1.165) is 41.2 Å². The molecule has 0 unspecified atom stereocenters. The molecule has 1 fully saturated rings. The number of carbonyl (C=O) groups excluding carboxylic acids is 1. The molecule has 3 aromatic rings. The number of ether oxygens (including phenoxy) is 2. The fourth-order valence-corrected chi connectivity index (χ4v) is 4.36. The highest BCUT2D eigenvalue weighted by molar-refractivity contribution is 6.02. The van der Waals surface area contributed by atoms with Crippen molar-refractivity contribution >= 4 is 11.6 Å². The van der Waals surface area contributed by atoms with Crippen molar-refractivity contribution in [3.8, 4) is 22.6 Å². The van der Waals surface area contributed by atoms with Crippen LogP contribution in [-0.4, -0.2) is 12.7 Å². The summed E-state index contributed by atoms with van der Waals surface area (Å²) in [7, 11) is 0. The van der Waals surface area contributed by atoms with E-state index < -0.39 is 5.41 Å². The van der Waals surface area contributed by atoms with Crippen molar-refractivity contribution in [1.82, 2.24) is 0 Å². The van der Waals surface area contributed by atoms with Gasteiger partial charge in [0, 0.05) is 5.69 Å². The molecule has 1 aliphatic carbocycles. The SMILES string of the molecule is Cc1cc(C)cc(-c2cc(NC(=O)C3(c4ccc5c(c4)OCO5)CC3)ccc2C)c1. The largest absolute Gasteiger partial charge is 0.454 e. The first-order chi connectivity index (χ1) is 14.4. The van der Waals surface area contributed by atoms with Crippen LogP contribution < -0.4 is 14.8 Å². The summed E-state index contributed by atoms with van der Waals surface area (Å²) < 4.78 is 10.9. The van der Waals surface area contributed by atoms with Crippen LogP contribution >= 0.6 is 0 Å². The molecule has 1 saturated carbocycles. The van der Waals surface area contributed by atoms with Gasteiger partial charge in [0.15, 0.2) is 11.5 Å². The molecule has 0 spiro atoms. The van der Waals surface area contributed by atoms with Crippen LogP contribution in [-0.2, 0) is 10.2 Å². The van der Waals surface area contributed by atoms with Gasteiger partial charge >= 0.3 is 0 Å². The third kappa shape index (κ3) is 3.22. The Kier molecular flexibility index (Phi) is 4.31. The number of amides is 1. The number of nitrogens with one attached hydrogen (secondary N) is 1. The second-order valence-electron chi connectivity index (χ2n) is 8.51. The minimum Gasteiger partial charge on any atom is -0.454 e. The third-order valence-electron chi connectivity index (χ3n) is 6.14. The molecular weight excluding hydrogens is 374 g/mol. The Morgan fingerprint density at radius 2 is 1.60 bits per heavy atom. The summed E-state index contributed by atoms with van der Waals surface area (Å²) in [6.07, 6.45) is 1.68. The zero-order valence-corrected chi connectivity index (χ0v) is 17.5. The molecule has 0 aromatic heterocycles. The Morgan fingerprint density at radius 3 is 2.33 bits per heavy atom. The van der Waals surface area contributed by atoms with E-state index in [1.807, 2.05) is 24.3 Å². The number of hydrogen-bond donors (Lipinski definition) is 1. The van der Waals surface area contributed by atoms with Gasteiger partial charge in [0.25, 0.3) is 0 Å². The molecule has 4 heteroatoms. The van der Waals surface area contributed by atoms with Crippen LogP contribution in [0, 0.1) is 20.8 Å². The van der Waals surface area contributed by atoms with Crippen molar-refractivity contribution < 1.29 is 14.3 Å². The molecule has 30 heavy (non-hydrogen) atoms. The summed E-state index contributed by atoms with van der Waals surface area (Å²) in [6, 6.07) is 18.5. The number of anilines is 1. The lowest BCUT2D eigenvalue weighted by Gasteiger charge is -2.17. The van der Waals surface area contributed by atoms with Gasteiger partial charge in [-0.2, -0.15) is 0 Å². The van der Waals surface area contributed by atoms with Crippen LogP contribution in [0.5, 0.6) is 11.5 Å². The van der Waals surface area contributed by atoms with Gasteiger partial charge in [-0.1, -0.05) is 41.5 Å². The van der Waals surface area contributed by atoms with Crippen molar-refractivity contribution in [2.24, 2.45) is 0 Å². The summed E-state index contributed by atoms with van der Waals surface area (Å²) in [4.78, 5) is 13.3. The predicted molar refractivity (Wildman–Crippen MR) is 118 cm³/mol. The van der Waals surface area contributed by atoms with Gasteiger partial charge in [0.1, 0.15) is 0 Å². The molecule has 0 atom stereocenters. The molecular formula is C26H25NO3. The van der Waals surface area contributed by atoms with Gasteiger partial charge in [0.2, 0.25) is 12.7 Å². The van der Waals surface area contributed by atoms with Gasteiger partial charge in [-0.05, 0) is 80.1 Å². The van der Waals surface area contributed by atoms with Crippen molar-refractivity contribution in [3.63, 3.8) is 0 Å². The van der Waals surface area contributed by atoms with Crippen molar-refractivity contribution in [1.29, 1.82) is 0 Å². The maximum atomic E-state index is 13.3. The van der Waals surface area contributed by atoms with Crippen LogP contribution in [0.1, 0.15) is 35.1 Å². The lowest BCUT2D eigenvalue weighted by Crippen LogP contribution is -2.27. The average Bonchev–Trinajstić information content (AvgIpc) is 3.39. The number of fused-ring (bicyclic) bond motifs is 1. The number of hydrogen-bond acceptors (Lipinski definition) is 3. The predicted octanol–water partition coefficient (Wildman–Crippen LogP) is 5.68. The maximum Gasteiger partial charge on any atom is 0.235 e. The Morgan fingerprint density at radius 1 is 0.867 bits per heavy atom. The number of carbonyl (C=O) groups is 1. The van der Waals surface area contributed by atoms with E-state index in [2.05, 4.69) is 56.4 Å². The molecule has 4 nitrogen and oxygen atoms in total. The lowest BCUT2D eigenvalue weighted by molar-refractivity contribution is -0.118. The van der Waals surface area contributed by atoms with E-state index in [4.69, 9.17) is 9.47 Å². The Bertz CT molecular complexity index is 1140. The molecule has 0 saturated heterocycles. The molecule has 2 aliphatic rings. The molecule has 0 bridgehead atoms. The third-order valence-corrected chi connectivity index (χ3v) is 6.14. The fourth-order valence-electron chi connectivity index (χ4n) is 4.36. The van der Waals surface area contributed by atoms with E-state index in [0.29, 0.717) is 0 Å². The van der Waals surface area contributed by atoms with Gasteiger partial charge in [-0.15, -0.1) is 0 Å². The lowest BCUT2D eigenvalue weighted by atomic mass is 9.93. The molecule has 1 amide bonds. The van der Waals surface area contributed by atoms with Gasteiger partial charge in [-0.25, -0.2) is 0 Å². The summed E-state index contributed by atoms with van der Waals surface area (Å²) in [5.41, 5.74) is 7.32. The van der Waals surface area contributed by atoms with E-state index >= 15 is 0 Å². The first kappa shape index (κ1) is 18.7. The fraction of sp³-hybridized carbons (Fsp3) is 0.269. The normalized spacial score (nSPS) is 15.7. The second kappa shape index (κ2) is 6.91. The van der Waals surface area contributed by atoms with E-state index in [-0.39, 0.29) is 12.7 Å². The number of benzene rings is 3.